The molecule has 0 bridgehead atoms. The molecular weight excluding hydrogens is 627 g/mol. The van der Waals surface area contributed by atoms with E-state index in [4.69, 9.17) is 9.98 Å². The van der Waals surface area contributed by atoms with Crippen molar-refractivity contribution in [3.8, 4) is 22.3 Å². The Labute approximate surface area is 295 Å². The van der Waals surface area contributed by atoms with Crippen LogP contribution in [0.5, 0.6) is 0 Å². The highest BCUT2D eigenvalue weighted by Gasteiger charge is 2.39. The molecule has 6 aromatic carbocycles. The van der Waals surface area contributed by atoms with Gasteiger partial charge in [-0.05, 0) is 91.4 Å². The van der Waals surface area contributed by atoms with E-state index in [1.807, 2.05) is 11.3 Å². The maximum Gasteiger partial charge on any atom is 0.167 e. The first-order valence-electron chi connectivity index (χ1n) is 17.5. The number of rotatable bonds is 4. The first-order chi connectivity index (χ1) is 24.5. The normalized spacial score (nSPS) is 17.3. The number of thiophene rings is 1. The molecule has 10 rings (SSSR count). The number of aliphatic imine (C=N–C) groups is 2. The van der Waals surface area contributed by atoms with Crippen molar-refractivity contribution in [1.29, 1.82) is 0 Å². The highest BCUT2D eigenvalue weighted by atomic mass is 32.1. The van der Waals surface area contributed by atoms with E-state index in [2.05, 4.69) is 159 Å². The Hall–Kier alpha value is -5.58. The molecule has 2 aliphatic carbocycles. The van der Waals surface area contributed by atoms with Crippen LogP contribution in [0.15, 0.2) is 143 Å². The predicted octanol–water partition coefficient (Wildman–Crippen LogP) is 9.58. The summed E-state index contributed by atoms with van der Waals surface area (Å²) in [6, 6.07) is 48.3. The highest BCUT2D eigenvalue weighted by Crippen LogP contribution is 2.55. The molecule has 3 aliphatic rings. The molecule has 1 unspecified atom stereocenters. The summed E-state index contributed by atoms with van der Waals surface area (Å²) in [6.07, 6.45) is 4.05. The van der Waals surface area contributed by atoms with Crippen LogP contribution in [0.3, 0.4) is 0 Å². The summed E-state index contributed by atoms with van der Waals surface area (Å²) < 4.78 is 2.65. The first-order valence-corrected chi connectivity index (χ1v) is 18.3. The van der Waals surface area contributed by atoms with E-state index in [0.29, 0.717) is 0 Å². The van der Waals surface area contributed by atoms with Gasteiger partial charge in [0, 0.05) is 25.8 Å². The van der Waals surface area contributed by atoms with Gasteiger partial charge in [-0.1, -0.05) is 135 Å². The Morgan fingerprint density at radius 3 is 2.14 bits per heavy atom. The zero-order valence-corrected chi connectivity index (χ0v) is 28.9. The third kappa shape index (κ3) is 4.48. The van der Waals surface area contributed by atoms with Crippen LogP contribution in [0.2, 0.25) is 0 Å². The molecule has 0 saturated heterocycles. The molecular formula is C46H35N3S. The fourth-order valence-electron chi connectivity index (χ4n) is 8.42. The van der Waals surface area contributed by atoms with Crippen molar-refractivity contribution in [2.75, 3.05) is 0 Å². The number of benzene rings is 6. The minimum Gasteiger partial charge on any atom is -0.324 e. The van der Waals surface area contributed by atoms with Crippen molar-refractivity contribution in [2.45, 2.75) is 38.3 Å². The topological polar surface area (TPSA) is 36.8 Å². The lowest BCUT2D eigenvalue weighted by atomic mass is 9.79. The average molecular weight is 662 g/mol. The molecule has 1 N–H and O–H groups in total. The maximum absolute atomic E-state index is 5.43. The van der Waals surface area contributed by atoms with E-state index < -0.39 is 0 Å². The van der Waals surface area contributed by atoms with E-state index in [1.165, 1.54) is 69.6 Å². The lowest BCUT2D eigenvalue weighted by Gasteiger charge is -2.26. The largest absolute Gasteiger partial charge is 0.324 e. The minimum absolute atomic E-state index is 0.212. The smallest absolute Gasteiger partial charge is 0.167 e. The minimum atomic E-state index is -0.297. The standard InChI is InChI=1S/C46H35N3S/c1-46(2)38-27-31(24-25-35(38)40-37(28-14-5-3-6-15-28)26-30-18-9-10-19-32(30)41(40)46)44-47-43(29-16-7-4-8-17-29)48-45(49-44)36-22-13-21-34-33-20-11-12-23-39(33)50-42(34)36/h3-12,14-21,23-27,45H,13,22H2,1-2H3,(H,47,48,49). The fourth-order valence-corrected chi connectivity index (χ4v) is 9.71. The summed E-state index contributed by atoms with van der Waals surface area (Å²) in [5.41, 5.74) is 11.2. The number of amidine groups is 2. The molecule has 50 heavy (non-hydrogen) atoms. The van der Waals surface area contributed by atoms with Crippen molar-refractivity contribution in [2.24, 2.45) is 9.98 Å². The zero-order chi connectivity index (χ0) is 33.4. The second kappa shape index (κ2) is 11.2. The Morgan fingerprint density at radius 1 is 0.660 bits per heavy atom. The Bertz CT molecular complexity index is 2700. The van der Waals surface area contributed by atoms with Crippen LogP contribution in [0.1, 0.15) is 48.9 Å². The second-order valence-corrected chi connectivity index (χ2v) is 15.1. The van der Waals surface area contributed by atoms with Crippen LogP contribution in [-0.4, -0.2) is 17.8 Å². The first kappa shape index (κ1) is 29.3. The molecule has 1 aromatic heterocycles. The summed E-state index contributed by atoms with van der Waals surface area (Å²) >= 11 is 1.88. The summed E-state index contributed by atoms with van der Waals surface area (Å²) in [5.74, 6) is 1.74. The lowest BCUT2D eigenvalue weighted by Crippen LogP contribution is -2.39. The fraction of sp³-hybridized carbons (Fsp3) is 0.130. The third-order valence-electron chi connectivity index (χ3n) is 10.8. The van der Waals surface area contributed by atoms with Crippen LogP contribution in [0.25, 0.3) is 54.8 Å². The lowest BCUT2D eigenvalue weighted by molar-refractivity contribution is 0.666. The number of hydrogen-bond acceptors (Lipinski definition) is 4. The monoisotopic (exact) mass is 661 g/mol. The number of hydrogen-bond donors (Lipinski definition) is 1. The van der Waals surface area contributed by atoms with E-state index in [-0.39, 0.29) is 11.6 Å². The van der Waals surface area contributed by atoms with Gasteiger partial charge in [-0.25, -0.2) is 9.98 Å². The van der Waals surface area contributed by atoms with Crippen LogP contribution in [0, 0.1) is 0 Å². The van der Waals surface area contributed by atoms with Gasteiger partial charge in [-0.15, -0.1) is 11.3 Å². The Kier molecular flexibility index (Phi) is 6.59. The molecule has 1 aliphatic heterocycles. The predicted molar refractivity (Wildman–Crippen MR) is 212 cm³/mol. The van der Waals surface area contributed by atoms with Gasteiger partial charge in [0.05, 0.1) is 0 Å². The molecule has 0 spiro atoms. The Morgan fingerprint density at radius 2 is 1.34 bits per heavy atom. The molecule has 0 saturated carbocycles. The molecule has 0 amide bonds. The van der Waals surface area contributed by atoms with E-state index in [9.17, 15) is 0 Å². The van der Waals surface area contributed by atoms with Crippen LogP contribution < -0.4 is 15.1 Å². The molecule has 7 aromatic rings. The summed E-state index contributed by atoms with van der Waals surface area (Å²) in [4.78, 5) is 10.7. The highest BCUT2D eigenvalue weighted by molar-refractivity contribution is 7.17. The van der Waals surface area contributed by atoms with E-state index >= 15 is 0 Å². The van der Waals surface area contributed by atoms with Gasteiger partial charge in [0.25, 0.3) is 0 Å². The molecule has 2 heterocycles. The molecule has 1 atom stereocenters. The quantitative estimate of drug-likeness (QED) is 0.200. The van der Waals surface area contributed by atoms with E-state index in [1.54, 1.807) is 0 Å². The van der Waals surface area contributed by atoms with Crippen molar-refractivity contribution in [3.05, 3.63) is 165 Å². The summed E-state index contributed by atoms with van der Waals surface area (Å²) in [6.45, 7) is 4.77. The van der Waals surface area contributed by atoms with Gasteiger partial charge in [0.15, 0.2) is 6.17 Å². The van der Waals surface area contributed by atoms with Crippen LogP contribution >= 0.6 is 11.3 Å². The Balaban J connectivity index is 1.16. The summed E-state index contributed by atoms with van der Waals surface area (Å²) in [5, 5.41) is 8.97. The van der Waals surface area contributed by atoms with E-state index in [0.717, 1.165) is 35.6 Å². The van der Waals surface area contributed by atoms with Gasteiger partial charge in [-0.3, -0.25) is 0 Å². The molecule has 0 fully saturated rings. The van der Waals surface area contributed by atoms with Crippen molar-refractivity contribution in [1.82, 2.24) is 5.32 Å². The van der Waals surface area contributed by atoms with Crippen molar-refractivity contribution < 1.29 is 0 Å². The van der Waals surface area contributed by atoms with Gasteiger partial charge in [0.2, 0.25) is 0 Å². The zero-order valence-electron chi connectivity index (χ0n) is 28.1. The molecule has 3 nitrogen and oxygen atoms in total. The third-order valence-corrected chi connectivity index (χ3v) is 12.0. The van der Waals surface area contributed by atoms with Gasteiger partial charge >= 0.3 is 0 Å². The maximum atomic E-state index is 5.43. The SMILES string of the molecule is CC1(C)c2cc(C3=NC(C4=c5sc6ccccc6c5=CCC4)N=C(c4ccccc4)N3)ccc2-c2c(-c3ccccc3)cc3ccccc3c21. The van der Waals surface area contributed by atoms with Gasteiger partial charge in [0.1, 0.15) is 11.7 Å². The molecule has 4 heteroatoms. The van der Waals surface area contributed by atoms with Gasteiger partial charge < -0.3 is 5.32 Å². The van der Waals surface area contributed by atoms with Crippen molar-refractivity contribution in [3.63, 3.8) is 0 Å². The summed E-state index contributed by atoms with van der Waals surface area (Å²) in [7, 11) is 0. The number of nitrogens with zero attached hydrogens (tertiary/aromatic N) is 2. The van der Waals surface area contributed by atoms with Crippen LogP contribution in [0.4, 0.5) is 0 Å². The van der Waals surface area contributed by atoms with Gasteiger partial charge in [-0.2, -0.15) is 0 Å². The molecule has 240 valence electrons. The molecule has 0 radical (unpaired) electrons. The van der Waals surface area contributed by atoms with Crippen LogP contribution in [-0.2, 0) is 5.41 Å². The van der Waals surface area contributed by atoms with Crippen molar-refractivity contribution >= 4 is 55.5 Å². The second-order valence-electron chi connectivity index (χ2n) is 14.1. The number of nitrogens with one attached hydrogen (secondary N) is 1. The average Bonchev–Trinajstić information content (AvgIpc) is 3.67. The number of fused-ring (bicyclic) bond motifs is 8.